The fraction of sp³-hybridized carbons (Fsp3) is 0.269. The van der Waals surface area contributed by atoms with Crippen molar-refractivity contribution in [2.45, 2.75) is 32.4 Å². The summed E-state index contributed by atoms with van der Waals surface area (Å²) in [5, 5.41) is 5.17. The van der Waals surface area contributed by atoms with Gasteiger partial charge in [-0.2, -0.15) is 13.2 Å². The Labute approximate surface area is 200 Å². The number of benzene rings is 2. The molecule has 1 unspecified atom stereocenters. The van der Waals surface area contributed by atoms with Crippen molar-refractivity contribution in [3.05, 3.63) is 82.7 Å². The van der Waals surface area contributed by atoms with Gasteiger partial charge in [0.15, 0.2) is 0 Å². The molecule has 0 saturated heterocycles. The van der Waals surface area contributed by atoms with E-state index >= 15 is 0 Å². The lowest BCUT2D eigenvalue weighted by Crippen LogP contribution is -2.28. The Hall–Kier alpha value is -3.88. The van der Waals surface area contributed by atoms with Crippen molar-refractivity contribution in [2.24, 2.45) is 5.92 Å². The third-order valence-corrected chi connectivity index (χ3v) is 5.88. The summed E-state index contributed by atoms with van der Waals surface area (Å²) in [6.07, 6.45) is -1.30. The first-order valence-electron chi connectivity index (χ1n) is 11.1. The van der Waals surface area contributed by atoms with E-state index in [9.17, 15) is 22.8 Å². The predicted octanol–water partition coefficient (Wildman–Crippen LogP) is 5.30. The van der Waals surface area contributed by atoms with Crippen molar-refractivity contribution in [1.29, 1.82) is 0 Å². The first-order chi connectivity index (χ1) is 16.6. The molecule has 0 aliphatic heterocycles. The summed E-state index contributed by atoms with van der Waals surface area (Å²) in [5.74, 6) is -0.0277. The molecule has 0 bridgehead atoms. The molecular weight excluding hydrogens is 459 g/mol. The average Bonchev–Trinajstić information content (AvgIpc) is 2.82. The summed E-state index contributed by atoms with van der Waals surface area (Å²) < 4.78 is 45.3. The number of ether oxygens (including phenoxy) is 1. The number of nitrogens with zero attached hydrogens (tertiary/aromatic N) is 1. The quantitative estimate of drug-likeness (QED) is 0.516. The number of aryl methyl sites for hydroxylation is 2. The number of amides is 2. The zero-order chi connectivity index (χ0) is 25.2. The zero-order valence-electron chi connectivity index (χ0n) is 19.2. The Kier molecular flexibility index (Phi) is 6.77. The highest BCUT2D eigenvalue weighted by molar-refractivity contribution is 5.93. The van der Waals surface area contributed by atoms with Crippen LogP contribution >= 0.6 is 0 Å². The van der Waals surface area contributed by atoms with Crippen LogP contribution in [0.5, 0.6) is 11.5 Å². The Bertz CT molecular complexity index is 1270. The number of carbonyl (C=O) groups excluding carboxylic acids is 2. The van der Waals surface area contributed by atoms with Gasteiger partial charge in [0.2, 0.25) is 5.91 Å². The van der Waals surface area contributed by atoms with Crippen molar-refractivity contribution in [1.82, 2.24) is 10.3 Å². The fourth-order valence-electron chi connectivity index (χ4n) is 4.15. The molecule has 0 spiro atoms. The van der Waals surface area contributed by atoms with Crippen LogP contribution in [0.4, 0.5) is 18.9 Å². The third-order valence-electron chi connectivity index (χ3n) is 5.88. The number of aromatic nitrogens is 1. The maximum Gasteiger partial charge on any atom is 0.416 e. The third kappa shape index (κ3) is 5.79. The van der Waals surface area contributed by atoms with E-state index in [2.05, 4.69) is 15.6 Å². The molecule has 1 heterocycles. The van der Waals surface area contributed by atoms with E-state index in [1.54, 1.807) is 13.0 Å². The highest BCUT2D eigenvalue weighted by Gasteiger charge is 2.31. The number of anilines is 1. The summed E-state index contributed by atoms with van der Waals surface area (Å²) in [7, 11) is 1.52. The zero-order valence-corrected chi connectivity index (χ0v) is 19.2. The molecule has 4 rings (SSSR count). The number of nitrogens with one attached hydrogen (secondary N) is 2. The Morgan fingerprint density at radius 1 is 1.03 bits per heavy atom. The van der Waals surface area contributed by atoms with E-state index in [-0.39, 0.29) is 29.1 Å². The van der Waals surface area contributed by atoms with Crippen molar-refractivity contribution >= 4 is 17.5 Å². The minimum atomic E-state index is -4.48. The number of pyridine rings is 1. The largest absolute Gasteiger partial charge is 0.457 e. The normalized spacial score (nSPS) is 15.2. The van der Waals surface area contributed by atoms with Crippen LogP contribution in [-0.4, -0.2) is 23.8 Å². The average molecular weight is 483 g/mol. The van der Waals surface area contributed by atoms with Gasteiger partial charge in [0.1, 0.15) is 17.2 Å². The number of alkyl halides is 3. The summed E-state index contributed by atoms with van der Waals surface area (Å²) in [6.45, 7) is 1.56. The maximum absolute atomic E-state index is 13.1. The van der Waals surface area contributed by atoms with Crippen molar-refractivity contribution in [3.63, 3.8) is 0 Å². The molecule has 3 aromatic rings. The predicted molar refractivity (Wildman–Crippen MR) is 124 cm³/mol. The maximum atomic E-state index is 13.1. The number of hydrogen-bond donors (Lipinski definition) is 2. The molecule has 2 amide bonds. The number of fused-ring (bicyclic) bond motifs is 1. The number of halogens is 3. The summed E-state index contributed by atoms with van der Waals surface area (Å²) in [4.78, 5) is 28.7. The molecule has 1 aromatic heterocycles. The van der Waals surface area contributed by atoms with E-state index in [4.69, 9.17) is 4.74 Å². The van der Waals surface area contributed by atoms with Crippen LogP contribution in [-0.2, 0) is 23.8 Å². The van der Waals surface area contributed by atoms with Gasteiger partial charge in [0, 0.05) is 30.9 Å². The van der Waals surface area contributed by atoms with Crippen LogP contribution in [0.3, 0.4) is 0 Å². The van der Waals surface area contributed by atoms with E-state index in [0.29, 0.717) is 36.3 Å². The first-order valence-corrected chi connectivity index (χ1v) is 11.1. The van der Waals surface area contributed by atoms with Gasteiger partial charge in [0.25, 0.3) is 5.91 Å². The minimum absolute atomic E-state index is 0.134. The van der Waals surface area contributed by atoms with Gasteiger partial charge >= 0.3 is 6.18 Å². The molecule has 1 aliphatic carbocycles. The van der Waals surface area contributed by atoms with E-state index in [1.807, 2.05) is 18.2 Å². The molecule has 1 aliphatic rings. The Balaban J connectivity index is 1.47. The molecule has 0 fully saturated rings. The number of rotatable bonds is 5. The Morgan fingerprint density at radius 2 is 1.80 bits per heavy atom. The number of carbonyl (C=O) groups is 2. The molecule has 1 atom stereocenters. The van der Waals surface area contributed by atoms with Gasteiger partial charge in [0.05, 0.1) is 5.56 Å². The summed E-state index contributed by atoms with van der Waals surface area (Å²) in [6, 6.07) is 12.3. The van der Waals surface area contributed by atoms with Gasteiger partial charge in [-0.1, -0.05) is 6.07 Å². The monoisotopic (exact) mass is 483 g/mol. The van der Waals surface area contributed by atoms with Crippen LogP contribution < -0.4 is 15.4 Å². The lowest BCUT2D eigenvalue weighted by molar-refractivity contribution is -0.137. The SMILES string of the molecule is CNC(=O)c1cc(Oc2ccc3c(c2)CC(C(=O)Nc2cc(C)cc(C(F)(F)F)c2)CC3)ccn1. The van der Waals surface area contributed by atoms with Crippen molar-refractivity contribution in [2.75, 3.05) is 12.4 Å². The molecule has 6 nitrogen and oxygen atoms in total. The topological polar surface area (TPSA) is 80.3 Å². The van der Waals surface area contributed by atoms with Crippen LogP contribution in [0.15, 0.2) is 54.7 Å². The minimum Gasteiger partial charge on any atom is -0.457 e. The standard InChI is InChI=1S/C26H24F3N3O3/c1-15-9-19(26(27,28)29)13-20(10-15)32-24(33)17-4-3-16-5-6-21(12-18(16)11-17)35-22-7-8-31-23(14-22)25(34)30-2/h5-10,12-14,17H,3-4,11H2,1-2H3,(H,30,34)(H,32,33). The molecule has 0 radical (unpaired) electrons. The van der Waals surface area contributed by atoms with E-state index in [0.717, 1.165) is 23.3 Å². The van der Waals surface area contributed by atoms with Crippen LogP contribution in [0.25, 0.3) is 0 Å². The van der Waals surface area contributed by atoms with E-state index in [1.165, 1.54) is 25.4 Å². The second-order valence-electron chi connectivity index (χ2n) is 8.50. The lowest BCUT2D eigenvalue weighted by Gasteiger charge is -2.24. The highest BCUT2D eigenvalue weighted by atomic mass is 19.4. The lowest BCUT2D eigenvalue weighted by atomic mass is 9.83. The van der Waals surface area contributed by atoms with Crippen LogP contribution in [0.2, 0.25) is 0 Å². The smallest absolute Gasteiger partial charge is 0.416 e. The highest BCUT2D eigenvalue weighted by Crippen LogP contribution is 2.34. The Morgan fingerprint density at radius 3 is 2.54 bits per heavy atom. The molecule has 0 saturated carbocycles. The summed E-state index contributed by atoms with van der Waals surface area (Å²) in [5.41, 5.74) is 2.02. The van der Waals surface area contributed by atoms with E-state index < -0.39 is 11.7 Å². The van der Waals surface area contributed by atoms with Gasteiger partial charge in [-0.3, -0.25) is 14.6 Å². The molecule has 35 heavy (non-hydrogen) atoms. The molecular formula is C26H24F3N3O3. The van der Waals surface area contributed by atoms with Crippen LogP contribution in [0, 0.1) is 12.8 Å². The first kappa shape index (κ1) is 24.3. The second kappa shape index (κ2) is 9.77. The summed E-state index contributed by atoms with van der Waals surface area (Å²) >= 11 is 0. The fourth-order valence-corrected chi connectivity index (χ4v) is 4.15. The molecule has 182 valence electrons. The molecule has 9 heteroatoms. The second-order valence-corrected chi connectivity index (χ2v) is 8.50. The van der Waals surface area contributed by atoms with Gasteiger partial charge in [-0.25, -0.2) is 0 Å². The van der Waals surface area contributed by atoms with Crippen LogP contribution in [0.1, 0.15) is 39.2 Å². The number of hydrogen-bond acceptors (Lipinski definition) is 4. The van der Waals surface area contributed by atoms with Gasteiger partial charge in [-0.15, -0.1) is 0 Å². The van der Waals surface area contributed by atoms with Crippen molar-refractivity contribution in [3.8, 4) is 11.5 Å². The molecule has 2 aromatic carbocycles. The van der Waals surface area contributed by atoms with Gasteiger partial charge in [-0.05, 0) is 79.3 Å². The van der Waals surface area contributed by atoms with Crippen molar-refractivity contribution < 1.29 is 27.5 Å². The molecule has 2 N–H and O–H groups in total. The van der Waals surface area contributed by atoms with Gasteiger partial charge < -0.3 is 15.4 Å².